The molecule has 0 unspecified atom stereocenters. The van der Waals surface area contributed by atoms with Gasteiger partial charge >= 0.3 is 6.18 Å². The predicted octanol–water partition coefficient (Wildman–Crippen LogP) is 4.26. The third-order valence-corrected chi connectivity index (χ3v) is 3.70. The first-order valence-corrected chi connectivity index (χ1v) is 8.17. The van der Waals surface area contributed by atoms with E-state index in [4.69, 9.17) is 0 Å². The van der Waals surface area contributed by atoms with Crippen molar-refractivity contribution in [3.63, 3.8) is 0 Å². The van der Waals surface area contributed by atoms with Gasteiger partial charge in [0.25, 0.3) is 0 Å². The molecule has 25 heavy (non-hydrogen) atoms. The molecule has 6 heteroatoms. The molecule has 0 radical (unpaired) electrons. The first-order chi connectivity index (χ1) is 11.9. The average Bonchev–Trinajstić information content (AvgIpc) is 2.59. The summed E-state index contributed by atoms with van der Waals surface area (Å²) in [6.07, 6.45) is -2.29. The van der Waals surface area contributed by atoms with Crippen LogP contribution in [0.4, 0.5) is 18.9 Å². The molecule has 2 aromatic rings. The van der Waals surface area contributed by atoms with E-state index in [9.17, 15) is 18.0 Å². The predicted molar refractivity (Wildman–Crippen MR) is 92.3 cm³/mol. The number of carbonyl (C=O) groups excluding carboxylic acids is 1. The van der Waals surface area contributed by atoms with Gasteiger partial charge in [-0.1, -0.05) is 30.3 Å². The highest BCUT2D eigenvalue weighted by molar-refractivity contribution is 5.76. The van der Waals surface area contributed by atoms with Gasteiger partial charge < -0.3 is 10.6 Å². The largest absolute Gasteiger partial charge is 0.416 e. The van der Waals surface area contributed by atoms with Crippen LogP contribution in [0.2, 0.25) is 0 Å². The SMILES string of the molecule is O=C(CCNc1ccc(C(F)(F)F)cc1)NCCCc1ccccc1. The molecule has 0 aromatic heterocycles. The summed E-state index contributed by atoms with van der Waals surface area (Å²) in [6.45, 7) is 0.976. The second-order valence-corrected chi connectivity index (χ2v) is 5.69. The van der Waals surface area contributed by atoms with Crippen LogP contribution in [0.25, 0.3) is 0 Å². The zero-order valence-electron chi connectivity index (χ0n) is 13.8. The molecule has 0 heterocycles. The van der Waals surface area contributed by atoms with E-state index in [-0.39, 0.29) is 12.3 Å². The van der Waals surface area contributed by atoms with Gasteiger partial charge in [0, 0.05) is 25.2 Å². The number of benzene rings is 2. The molecule has 2 aromatic carbocycles. The van der Waals surface area contributed by atoms with Crippen LogP contribution in [-0.2, 0) is 17.4 Å². The van der Waals surface area contributed by atoms with Crippen molar-refractivity contribution in [2.75, 3.05) is 18.4 Å². The summed E-state index contributed by atoms with van der Waals surface area (Å²) in [5, 5.41) is 5.78. The molecule has 0 fully saturated rings. The minimum Gasteiger partial charge on any atom is -0.385 e. The van der Waals surface area contributed by atoms with Crippen molar-refractivity contribution in [1.82, 2.24) is 5.32 Å². The summed E-state index contributed by atoms with van der Waals surface area (Å²) >= 11 is 0. The van der Waals surface area contributed by atoms with E-state index in [0.717, 1.165) is 25.0 Å². The highest BCUT2D eigenvalue weighted by atomic mass is 19.4. The molecule has 0 atom stereocenters. The van der Waals surface area contributed by atoms with Gasteiger partial charge in [0.1, 0.15) is 0 Å². The maximum absolute atomic E-state index is 12.5. The topological polar surface area (TPSA) is 41.1 Å². The lowest BCUT2D eigenvalue weighted by atomic mass is 10.1. The third-order valence-electron chi connectivity index (χ3n) is 3.70. The van der Waals surface area contributed by atoms with Crippen molar-refractivity contribution in [3.05, 3.63) is 65.7 Å². The Bertz CT molecular complexity index is 655. The fourth-order valence-corrected chi connectivity index (χ4v) is 2.35. The third kappa shape index (κ3) is 6.87. The standard InChI is InChI=1S/C19H21F3N2O/c20-19(21,22)16-8-10-17(11-9-16)23-14-12-18(25)24-13-4-7-15-5-2-1-3-6-15/h1-3,5-6,8-11,23H,4,7,12-14H2,(H,24,25). The summed E-state index contributed by atoms with van der Waals surface area (Å²) in [5.41, 5.74) is 1.11. The minimum absolute atomic E-state index is 0.0764. The second kappa shape index (κ2) is 9.11. The molecule has 2 rings (SSSR count). The van der Waals surface area contributed by atoms with Crippen LogP contribution in [0.1, 0.15) is 24.0 Å². The second-order valence-electron chi connectivity index (χ2n) is 5.69. The number of hydrogen-bond acceptors (Lipinski definition) is 2. The molecule has 0 spiro atoms. The molecule has 3 nitrogen and oxygen atoms in total. The number of hydrogen-bond donors (Lipinski definition) is 2. The number of aryl methyl sites for hydroxylation is 1. The van der Waals surface area contributed by atoms with Gasteiger partial charge in [-0.25, -0.2) is 0 Å². The van der Waals surface area contributed by atoms with Gasteiger partial charge in [0.15, 0.2) is 0 Å². The Balaban J connectivity index is 1.60. The van der Waals surface area contributed by atoms with Crippen LogP contribution in [0.5, 0.6) is 0 Å². The summed E-state index contributed by atoms with van der Waals surface area (Å²) in [7, 11) is 0. The van der Waals surface area contributed by atoms with Crippen LogP contribution in [-0.4, -0.2) is 19.0 Å². The van der Waals surface area contributed by atoms with Gasteiger partial charge in [-0.2, -0.15) is 13.2 Å². The molecule has 0 saturated carbocycles. The van der Waals surface area contributed by atoms with Gasteiger partial charge in [0.2, 0.25) is 5.91 Å². The summed E-state index contributed by atoms with van der Waals surface area (Å²) in [6, 6.07) is 14.8. The van der Waals surface area contributed by atoms with Gasteiger partial charge in [-0.05, 0) is 42.7 Å². The summed E-state index contributed by atoms with van der Waals surface area (Å²) in [4.78, 5) is 11.7. The molecule has 0 aliphatic heterocycles. The first kappa shape index (κ1) is 18.8. The Morgan fingerprint density at radius 3 is 2.24 bits per heavy atom. The minimum atomic E-state index is -4.34. The molecule has 0 aliphatic carbocycles. The quantitative estimate of drug-likeness (QED) is 0.699. The fourth-order valence-electron chi connectivity index (χ4n) is 2.35. The number of alkyl halides is 3. The number of halogens is 3. The van der Waals surface area contributed by atoms with E-state index >= 15 is 0 Å². The van der Waals surface area contributed by atoms with E-state index in [1.54, 1.807) is 0 Å². The van der Waals surface area contributed by atoms with E-state index in [0.29, 0.717) is 18.8 Å². The Kier molecular flexibility index (Phi) is 6.86. The number of rotatable bonds is 8. The lowest BCUT2D eigenvalue weighted by Gasteiger charge is -2.10. The van der Waals surface area contributed by atoms with Crippen molar-refractivity contribution in [3.8, 4) is 0 Å². The lowest BCUT2D eigenvalue weighted by Crippen LogP contribution is -2.26. The maximum Gasteiger partial charge on any atom is 0.416 e. The van der Waals surface area contributed by atoms with Crippen LogP contribution in [0.3, 0.4) is 0 Å². The highest BCUT2D eigenvalue weighted by Gasteiger charge is 2.29. The molecule has 0 bridgehead atoms. The average molecular weight is 350 g/mol. The number of anilines is 1. The molecule has 134 valence electrons. The fraction of sp³-hybridized carbons (Fsp3) is 0.316. The van der Waals surface area contributed by atoms with E-state index < -0.39 is 11.7 Å². The Morgan fingerprint density at radius 1 is 0.920 bits per heavy atom. The Labute approximate surface area is 145 Å². The zero-order chi connectivity index (χ0) is 18.1. The van der Waals surface area contributed by atoms with Crippen molar-refractivity contribution in [2.45, 2.75) is 25.4 Å². The van der Waals surface area contributed by atoms with Crippen molar-refractivity contribution in [1.29, 1.82) is 0 Å². The monoisotopic (exact) mass is 350 g/mol. The lowest BCUT2D eigenvalue weighted by molar-refractivity contribution is -0.137. The number of carbonyl (C=O) groups is 1. The normalized spacial score (nSPS) is 11.2. The highest BCUT2D eigenvalue weighted by Crippen LogP contribution is 2.29. The Morgan fingerprint density at radius 2 is 1.60 bits per heavy atom. The van der Waals surface area contributed by atoms with Crippen LogP contribution in [0.15, 0.2) is 54.6 Å². The summed E-state index contributed by atoms with van der Waals surface area (Å²) < 4.78 is 37.4. The molecular formula is C19H21F3N2O. The van der Waals surface area contributed by atoms with Gasteiger partial charge in [0.05, 0.1) is 5.56 Å². The first-order valence-electron chi connectivity index (χ1n) is 8.17. The van der Waals surface area contributed by atoms with Crippen LogP contribution >= 0.6 is 0 Å². The molecule has 0 aliphatic rings. The van der Waals surface area contributed by atoms with E-state index in [1.807, 2.05) is 18.2 Å². The Hall–Kier alpha value is -2.50. The van der Waals surface area contributed by atoms with Crippen LogP contribution < -0.4 is 10.6 Å². The van der Waals surface area contributed by atoms with Gasteiger partial charge in [-0.3, -0.25) is 4.79 Å². The molecule has 1 amide bonds. The zero-order valence-corrected chi connectivity index (χ0v) is 13.8. The van der Waals surface area contributed by atoms with E-state index in [1.165, 1.54) is 17.7 Å². The molecular weight excluding hydrogens is 329 g/mol. The van der Waals surface area contributed by atoms with Crippen LogP contribution in [0, 0.1) is 0 Å². The van der Waals surface area contributed by atoms with Crippen molar-refractivity contribution >= 4 is 11.6 Å². The maximum atomic E-state index is 12.5. The molecule has 0 saturated heterocycles. The van der Waals surface area contributed by atoms with Crippen molar-refractivity contribution in [2.24, 2.45) is 0 Å². The summed E-state index contributed by atoms with van der Waals surface area (Å²) in [5.74, 6) is -0.0764. The number of nitrogens with one attached hydrogen (secondary N) is 2. The molecule has 2 N–H and O–H groups in total. The smallest absolute Gasteiger partial charge is 0.385 e. The van der Waals surface area contributed by atoms with Crippen molar-refractivity contribution < 1.29 is 18.0 Å². The van der Waals surface area contributed by atoms with E-state index in [2.05, 4.69) is 22.8 Å². The number of amides is 1. The van der Waals surface area contributed by atoms with Gasteiger partial charge in [-0.15, -0.1) is 0 Å².